The van der Waals surface area contributed by atoms with Gasteiger partial charge in [-0.1, -0.05) is 0 Å². The van der Waals surface area contributed by atoms with Crippen LogP contribution >= 0.6 is 0 Å². The maximum absolute atomic E-state index is 12.6. The summed E-state index contributed by atoms with van der Waals surface area (Å²) >= 11 is 0. The van der Waals surface area contributed by atoms with E-state index in [2.05, 4.69) is 20.1 Å². The molecule has 242 valence electrons. The summed E-state index contributed by atoms with van der Waals surface area (Å²) < 4.78 is 13.9. The highest BCUT2D eigenvalue weighted by molar-refractivity contribution is 6.66. The van der Waals surface area contributed by atoms with E-state index in [0.29, 0.717) is 0 Å². The number of carboxylic acid groups (broad SMARTS) is 2. The number of nitrogens with one attached hydrogen (secondary N) is 2. The fraction of sp³-hybridized carbons (Fsp3) is 0.231. The van der Waals surface area contributed by atoms with Crippen molar-refractivity contribution in [2.45, 2.75) is 24.9 Å². The van der Waals surface area contributed by atoms with Gasteiger partial charge in [0, 0.05) is 19.1 Å². The molecule has 2 aromatic carbocycles. The van der Waals surface area contributed by atoms with Crippen LogP contribution < -0.4 is 10.6 Å². The lowest BCUT2D eigenvalue weighted by Gasteiger charge is -2.21. The molecule has 7 N–H and O–H groups in total. The molecule has 4 rings (SSSR count). The second kappa shape index (κ2) is 13.5. The number of rotatable bonds is 14. The zero-order valence-corrected chi connectivity index (χ0v) is 25.5. The molecule has 1 unspecified atom stereocenters. The summed E-state index contributed by atoms with van der Waals surface area (Å²) in [5.74, 6) is -9.02. The molecule has 0 fully saturated rings. The number of hydrogen-bond acceptors (Lipinski definition) is 14. The highest BCUT2D eigenvalue weighted by atomic mass is 28.4. The van der Waals surface area contributed by atoms with Gasteiger partial charge in [-0.2, -0.15) is 0 Å². The molecule has 0 bridgehead atoms. The molecule has 0 aliphatic carbocycles. The van der Waals surface area contributed by atoms with Crippen molar-refractivity contribution in [3.05, 3.63) is 68.8 Å². The molecular formula is C26H24N2O16Si2. The Bertz CT molecular complexity index is 1700. The average Bonchev–Trinajstić information content (AvgIpc) is 3.43. The lowest BCUT2D eigenvalue weighted by molar-refractivity contribution is 0.0425. The molecule has 46 heavy (non-hydrogen) atoms. The summed E-state index contributed by atoms with van der Waals surface area (Å²) in [5.41, 5.74) is -3.04. The zero-order chi connectivity index (χ0) is 33.9. The first kappa shape index (κ1) is 33.8. The maximum Gasteiger partial charge on any atom is 0.486 e. The Morgan fingerprint density at radius 2 is 1.04 bits per heavy atom. The van der Waals surface area contributed by atoms with Crippen LogP contribution in [0.15, 0.2) is 24.3 Å². The highest BCUT2D eigenvalue weighted by Crippen LogP contribution is 2.26. The molecule has 0 saturated carbocycles. The highest BCUT2D eigenvalue weighted by Gasteiger charge is 2.36. The van der Waals surface area contributed by atoms with Crippen LogP contribution in [-0.2, 0) is 13.6 Å². The van der Waals surface area contributed by atoms with Crippen molar-refractivity contribution in [2.75, 3.05) is 13.1 Å². The topological polar surface area (TPSA) is 289 Å². The van der Waals surface area contributed by atoms with Gasteiger partial charge in [-0.25, -0.2) is 28.8 Å². The number of benzene rings is 2. The normalized spacial score (nSPS) is 14.2. The van der Waals surface area contributed by atoms with Gasteiger partial charge in [0.25, 0.3) is 11.8 Å². The van der Waals surface area contributed by atoms with Crippen LogP contribution in [0.4, 0.5) is 0 Å². The molecule has 2 aromatic rings. The Balaban J connectivity index is 1.22. The molecule has 0 aromatic heterocycles. The molecule has 2 amide bonds. The zero-order valence-electron chi connectivity index (χ0n) is 23.4. The van der Waals surface area contributed by atoms with E-state index < -0.39 is 88.0 Å². The van der Waals surface area contributed by atoms with Crippen LogP contribution in [-0.4, -0.2) is 103 Å². The SMILES string of the molecule is O=C(O)c1cc2c(cc1C(=O)NCCC[SiH](O)O[Si](O)(O)CCCNC(=O)c1cc3c(cc1C(=O)O)C(=O)OC3=O)C(=O)OC2=O. The van der Waals surface area contributed by atoms with Gasteiger partial charge in [0.15, 0.2) is 0 Å². The van der Waals surface area contributed by atoms with Crippen LogP contribution in [0.2, 0.25) is 12.1 Å². The van der Waals surface area contributed by atoms with E-state index in [1.165, 1.54) is 0 Å². The summed E-state index contributed by atoms with van der Waals surface area (Å²) in [6, 6.07) is 3.13. The van der Waals surface area contributed by atoms with Crippen molar-refractivity contribution in [3.8, 4) is 0 Å². The van der Waals surface area contributed by atoms with E-state index >= 15 is 0 Å². The van der Waals surface area contributed by atoms with Gasteiger partial charge in [-0.3, -0.25) is 9.59 Å². The summed E-state index contributed by atoms with van der Waals surface area (Å²) in [4.78, 5) is 126. The Labute approximate surface area is 259 Å². The van der Waals surface area contributed by atoms with Gasteiger partial charge in [-0.05, 0) is 43.2 Å². The first-order valence-corrected chi connectivity index (χ1v) is 17.1. The third-order valence-corrected chi connectivity index (χ3v) is 11.2. The molecule has 18 nitrogen and oxygen atoms in total. The number of hydrogen-bond donors (Lipinski definition) is 7. The van der Waals surface area contributed by atoms with Crippen LogP contribution in [0, 0.1) is 0 Å². The molecule has 2 heterocycles. The van der Waals surface area contributed by atoms with E-state index in [4.69, 9.17) is 4.12 Å². The summed E-state index contributed by atoms with van der Waals surface area (Å²) in [7, 11) is -7.59. The minimum atomic E-state index is -4.41. The lowest BCUT2D eigenvalue weighted by atomic mass is 9.99. The number of aromatic carboxylic acids is 2. The van der Waals surface area contributed by atoms with Crippen LogP contribution in [0.5, 0.6) is 0 Å². The van der Waals surface area contributed by atoms with Crippen molar-refractivity contribution >= 4 is 65.7 Å². The van der Waals surface area contributed by atoms with Gasteiger partial charge in [0.2, 0.25) is 0 Å². The number of carboxylic acids is 2. The van der Waals surface area contributed by atoms with Crippen molar-refractivity contribution < 1.29 is 76.5 Å². The Hall–Kier alpha value is -5.13. The summed E-state index contributed by atoms with van der Waals surface area (Å²) in [5, 5.41) is 23.6. The van der Waals surface area contributed by atoms with Crippen molar-refractivity contribution in [1.82, 2.24) is 10.6 Å². The molecule has 1 atom stereocenters. The molecular weight excluding hydrogens is 652 g/mol. The number of ether oxygens (including phenoxy) is 2. The summed E-state index contributed by atoms with van der Waals surface area (Å²) in [6.45, 7) is -0.287. The molecule has 20 heteroatoms. The summed E-state index contributed by atoms with van der Waals surface area (Å²) in [6.07, 6.45) is 0.0151. The van der Waals surface area contributed by atoms with E-state index in [9.17, 15) is 63.0 Å². The van der Waals surface area contributed by atoms with E-state index in [0.717, 1.165) is 24.3 Å². The quantitative estimate of drug-likeness (QED) is 0.0535. The monoisotopic (exact) mass is 676 g/mol. The van der Waals surface area contributed by atoms with Crippen LogP contribution in [0.25, 0.3) is 0 Å². The fourth-order valence-electron chi connectivity index (χ4n) is 4.52. The van der Waals surface area contributed by atoms with Crippen molar-refractivity contribution in [3.63, 3.8) is 0 Å². The number of amides is 2. The Morgan fingerprint density at radius 3 is 1.43 bits per heavy atom. The molecule has 2 aliphatic rings. The molecule has 2 aliphatic heterocycles. The maximum atomic E-state index is 12.6. The number of fused-ring (bicyclic) bond motifs is 2. The molecule has 0 saturated heterocycles. The van der Waals surface area contributed by atoms with Gasteiger partial charge in [0.1, 0.15) is 0 Å². The van der Waals surface area contributed by atoms with E-state index in [-0.39, 0.29) is 60.3 Å². The van der Waals surface area contributed by atoms with Crippen molar-refractivity contribution in [2.24, 2.45) is 0 Å². The predicted molar refractivity (Wildman–Crippen MR) is 150 cm³/mol. The third-order valence-electron chi connectivity index (χ3n) is 6.72. The van der Waals surface area contributed by atoms with Gasteiger partial charge in [-0.15, -0.1) is 0 Å². The smallest absolute Gasteiger partial charge is 0.478 e. The van der Waals surface area contributed by atoms with Crippen molar-refractivity contribution in [1.29, 1.82) is 0 Å². The molecule has 0 radical (unpaired) electrons. The van der Waals surface area contributed by atoms with E-state index in [1.807, 2.05) is 0 Å². The number of esters is 4. The minimum Gasteiger partial charge on any atom is -0.478 e. The largest absolute Gasteiger partial charge is 0.486 e. The fourth-order valence-corrected chi connectivity index (χ4v) is 8.39. The second-order valence-electron chi connectivity index (χ2n) is 9.92. The predicted octanol–water partition coefficient (Wildman–Crippen LogP) is -1.20. The number of carbonyl (C=O) groups excluding carboxylic acids is 6. The van der Waals surface area contributed by atoms with Crippen LogP contribution in [0.3, 0.4) is 0 Å². The third kappa shape index (κ3) is 7.39. The average molecular weight is 677 g/mol. The number of cyclic esters (lactones) is 4. The van der Waals surface area contributed by atoms with Gasteiger partial charge in [0.05, 0.1) is 44.5 Å². The number of carbonyl (C=O) groups is 8. The minimum absolute atomic E-state index is 0.0646. The standard InChI is InChI=1S/C26H24N2O16Si2/c29-19(11-7-15-17(9-13(11)21(31)32)25(37)42-23(15)35)27-3-1-5-45(39)44-46(40,41)6-2-4-28-20(30)12-8-16-18(10-14(12)22(33)34)26(38)43-24(16)36/h7-10,39-41,45H,1-6H2,(H,27,29)(H,28,30)(H,31,32)(H,33,34). The second-order valence-corrected chi connectivity index (χ2v) is 14.3. The first-order valence-electron chi connectivity index (χ1n) is 13.3. The van der Waals surface area contributed by atoms with Gasteiger partial charge >= 0.3 is 53.9 Å². The Morgan fingerprint density at radius 1 is 0.674 bits per heavy atom. The van der Waals surface area contributed by atoms with E-state index in [1.54, 1.807) is 0 Å². The van der Waals surface area contributed by atoms with Gasteiger partial charge < -0.3 is 48.8 Å². The van der Waals surface area contributed by atoms with Crippen LogP contribution in [0.1, 0.15) is 95.7 Å². The lowest BCUT2D eigenvalue weighted by Crippen LogP contribution is -2.45. The first-order chi connectivity index (χ1) is 21.6. The Kier molecular flexibility index (Phi) is 9.89. The molecule has 0 spiro atoms.